The Bertz CT molecular complexity index is 1210. The Morgan fingerprint density at radius 1 is 1.27 bits per heavy atom. The van der Waals surface area contributed by atoms with Crippen molar-refractivity contribution in [3.05, 3.63) is 66.0 Å². The molecule has 0 fully saturated rings. The summed E-state index contributed by atoms with van der Waals surface area (Å²) in [5, 5.41) is 15.7. The van der Waals surface area contributed by atoms with E-state index in [4.69, 9.17) is 4.74 Å². The van der Waals surface area contributed by atoms with Crippen LogP contribution < -0.4 is 10.2 Å². The number of carbonyl (C=O) groups excluding carboxylic acids is 1. The standard InChI is InChI=1S/C22H22N6O2/c1-27-13-16(12-23-27)28(2)21-18-10-15-9-17(8-14-6-4-3-5-7-14)30-22(29)24-19(15)11-20(18)25-26-21/h3-7,10-13,17H,8-9H2,1-2H3,(H,24,29)(H,25,26). The summed E-state index contributed by atoms with van der Waals surface area (Å²) >= 11 is 0. The number of hydrogen-bond acceptors (Lipinski definition) is 5. The number of benzene rings is 2. The number of aryl methyl sites for hydroxylation is 1. The molecule has 2 aromatic carbocycles. The maximum Gasteiger partial charge on any atom is 0.411 e. The molecule has 5 rings (SSSR count). The van der Waals surface area contributed by atoms with Gasteiger partial charge in [-0.15, -0.1) is 0 Å². The molecule has 0 aliphatic carbocycles. The zero-order valence-electron chi connectivity index (χ0n) is 16.8. The highest BCUT2D eigenvalue weighted by molar-refractivity contribution is 5.97. The van der Waals surface area contributed by atoms with Crippen molar-refractivity contribution in [2.45, 2.75) is 18.9 Å². The van der Waals surface area contributed by atoms with Crippen LogP contribution in [0.5, 0.6) is 0 Å². The first-order chi connectivity index (χ1) is 14.6. The molecular formula is C22H22N6O2. The van der Waals surface area contributed by atoms with E-state index in [1.165, 1.54) is 0 Å². The second kappa shape index (κ2) is 7.22. The van der Waals surface area contributed by atoms with E-state index in [-0.39, 0.29) is 6.10 Å². The van der Waals surface area contributed by atoms with Gasteiger partial charge in [0, 0.05) is 44.2 Å². The average Bonchev–Trinajstić information content (AvgIpc) is 3.30. The largest absolute Gasteiger partial charge is 0.445 e. The van der Waals surface area contributed by atoms with E-state index >= 15 is 0 Å². The molecule has 152 valence electrons. The van der Waals surface area contributed by atoms with Gasteiger partial charge in [-0.05, 0) is 23.3 Å². The van der Waals surface area contributed by atoms with Crippen molar-refractivity contribution in [3.8, 4) is 0 Å². The summed E-state index contributed by atoms with van der Waals surface area (Å²) in [7, 11) is 3.84. The van der Waals surface area contributed by atoms with Crippen LogP contribution in [0.4, 0.5) is 22.0 Å². The number of fused-ring (bicyclic) bond motifs is 2. The molecule has 0 spiro atoms. The van der Waals surface area contributed by atoms with Crippen molar-refractivity contribution in [2.75, 3.05) is 17.3 Å². The van der Waals surface area contributed by atoms with Crippen LogP contribution in [0.1, 0.15) is 11.1 Å². The first-order valence-corrected chi connectivity index (χ1v) is 9.82. The van der Waals surface area contributed by atoms with Crippen molar-refractivity contribution in [3.63, 3.8) is 0 Å². The maximum atomic E-state index is 12.3. The first-order valence-electron chi connectivity index (χ1n) is 9.82. The van der Waals surface area contributed by atoms with Gasteiger partial charge in [0.15, 0.2) is 5.82 Å². The number of nitrogens with zero attached hydrogens (tertiary/aromatic N) is 4. The van der Waals surface area contributed by atoms with E-state index in [0.29, 0.717) is 12.8 Å². The van der Waals surface area contributed by atoms with E-state index in [0.717, 1.165) is 39.2 Å². The van der Waals surface area contributed by atoms with Gasteiger partial charge in [0.25, 0.3) is 0 Å². The molecule has 2 N–H and O–H groups in total. The summed E-state index contributed by atoms with van der Waals surface area (Å²) in [6, 6.07) is 14.1. The topological polar surface area (TPSA) is 88.1 Å². The van der Waals surface area contributed by atoms with Crippen LogP contribution in [0, 0.1) is 0 Å². The fraction of sp³-hybridized carbons (Fsp3) is 0.227. The molecule has 1 aliphatic rings. The number of amides is 1. The molecule has 0 saturated heterocycles. The molecule has 0 radical (unpaired) electrons. The third-order valence-electron chi connectivity index (χ3n) is 5.43. The van der Waals surface area contributed by atoms with Gasteiger partial charge in [-0.3, -0.25) is 15.1 Å². The average molecular weight is 402 g/mol. The molecule has 4 aromatic rings. The SMILES string of the molecule is CN(c1cnn(C)c1)c1n[nH]c2cc3c(cc12)CC(Cc1ccccc1)OC(=O)N3. The summed E-state index contributed by atoms with van der Waals surface area (Å²) in [5.41, 5.74) is 4.71. The second-order valence-electron chi connectivity index (χ2n) is 7.58. The highest BCUT2D eigenvalue weighted by Crippen LogP contribution is 2.34. The lowest BCUT2D eigenvalue weighted by molar-refractivity contribution is 0.113. The number of aromatic nitrogens is 4. The van der Waals surface area contributed by atoms with Crippen LogP contribution in [-0.4, -0.2) is 39.2 Å². The summed E-state index contributed by atoms with van der Waals surface area (Å²) < 4.78 is 7.41. The minimum absolute atomic E-state index is 0.238. The maximum absolute atomic E-state index is 12.3. The third kappa shape index (κ3) is 3.36. The molecule has 8 heteroatoms. The van der Waals surface area contributed by atoms with Gasteiger partial charge in [-0.25, -0.2) is 4.79 Å². The number of H-pyrrole nitrogens is 1. The van der Waals surface area contributed by atoms with Gasteiger partial charge >= 0.3 is 6.09 Å². The lowest BCUT2D eigenvalue weighted by atomic mass is 9.99. The van der Waals surface area contributed by atoms with Crippen molar-refractivity contribution >= 4 is 34.2 Å². The van der Waals surface area contributed by atoms with Gasteiger partial charge in [0.2, 0.25) is 0 Å². The Labute approximate surface area is 173 Å². The Morgan fingerprint density at radius 3 is 2.87 bits per heavy atom. The van der Waals surface area contributed by atoms with Crippen molar-refractivity contribution in [1.29, 1.82) is 0 Å². The smallest absolute Gasteiger partial charge is 0.411 e. The molecule has 3 heterocycles. The Hall–Kier alpha value is -3.81. The van der Waals surface area contributed by atoms with Crippen molar-refractivity contribution in [2.24, 2.45) is 7.05 Å². The lowest BCUT2D eigenvalue weighted by Gasteiger charge is -2.16. The van der Waals surface area contributed by atoms with Crippen LogP contribution in [0.15, 0.2) is 54.9 Å². The zero-order chi connectivity index (χ0) is 20.7. The highest BCUT2D eigenvalue weighted by Gasteiger charge is 2.24. The molecule has 1 amide bonds. The van der Waals surface area contributed by atoms with E-state index in [1.54, 1.807) is 10.9 Å². The number of aromatic amines is 1. The van der Waals surface area contributed by atoms with Gasteiger partial charge in [-0.2, -0.15) is 10.2 Å². The normalized spacial score (nSPS) is 15.9. The Balaban J connectivity index is 1.50. The number of anilines is 3. The zero-order valence-corrected chi connectivity index (χ0v) is 16.8. The van der Waals surface area contributed by atoms with E-state index < -0.39 is 6.09 Å². The molecule has 8 nitrogen and oxygen atoms in total. The van der Waals surface area contributed by atoms with Crippen LogP contribution >= 0.6 is 0 Å². The lowest BCUT2D eigenvalue weighted by Crippen LogP contribution is -2.22. The van der Waals surface area contributed by atoms with Crippen LogP contribution in [0.2, 0.25) is 0 Å². The highest BCUT2D eigenvalue weighted by atomic mass is 16.6. The quantitative estimate of drug-likeness (QED) is 0.542. The summed E-state index contributed by atoms with van der Waals surface area (Å²) in [4.78, 5) is 14.3. The van der Waals surface area contributed by atoms with Crippen molar-refractivity contribution in [1.82, 2.24) is 20.0 Å². The fourth-order valence-corrected chi connectivity index (χ4v) is 3.91. The predicted molar refractivity (Wildman–Crippen MR) is 115 cm³/mol. The monoisotopic (exact) mass is 402 g/mol. The number of carbonyl (C=O) groups is 1. The van der Waals surface area contributed by atoms with E-state index in [9.17, 15) is 4.79 Å². The Morgan fingerprint density at radius 2 is 2.10 bits per heavy atom. The number of cyclic esters (lactones) is 1. The minimum Gasteiger partial charge on any atom is -0.445 e. The molecule has 0 bridgehead atoms. The minimum atomic E-state index is -0.429. The second-order valence-corrected chi connectivity index (χ2v) is 7.58. The fourth-order valence-electron chi connectivity index (χ4n) is 3.91. The van der Waals surface area contributed by atoms with Crippen LogP contribution in [0.3, 0.4) is 0 Å². The third-order valence-corrected chi connectivity index (χ3v) is 5.43. The summed E-state index contributed by atoms with van der Waals surface area (Å²) in [6.45, 7) is 0. The number of ether oxygens (including phenoxy) is 1. The molecule has 2 aromatic heterocycles. The molecule has 1 aliphatic heterocycles. The van der Waals surface area contributed by atoms with Crippen molar-refractivity contribution < 1.29 is 9.53 Å². The number of rotatable bonds is 4. The summed E-state index contributed by atoms with van der Waals surface area (Å²) in [5.74, 6) is 0.803. The van der Waals surface area contributed by atoms with Crippen LogP contribution in [0.25, 0.3) is 10.9 Å². The first kappa shape index (κ1) is 18.2. The van der Waals surface area contributed by atoms with Gasteiger partial charge in [0.1, 0.15) is 6.10 Å². The van der Waals surface area contributed by atoms with E-state index in [1.807, 2.05) is 61.6 Å². The van der Waals surface area contributed by atoms with Crippen LogP contribution in [-0.2, 0) is 24.6 Å². The number of hydrogen-bond donors (Lipinski definition) is 2. The number of nitrogens with one attached hydrogen (secondary N) is 2. The predicted octanol–water partition coefficient (Wildman–Crippen LogP) is 3.78. The molecular weight excluding hydrogens is 380 g/mol. The Kier molecular flexibility index (Phi) is 4.39. The van der Waals surface area contributed by atoms with Gasteiger partial charge in [-0.1, -0.05) is 30.3 Å². The summed E-state index contributed by atoms with van der Waals surface area (Å²) in [6.07, 6.45) is 4.36. The van der Waals surface area contributed by atoms with Gasteiger partial charge in [0.05, 0.1) is 17.4 Å². The molecule has 0 saturated carbocycles. The molecule has 1 unspecified atom stereocenters. The molecule has 1 atom stereocenters. The van der Waals surface area contributed by atoms with E-state index in [2.05, 4.69) is 26.7 Å². The molecule has 30 heavy (non-hydrogen) atoms. The van der Waals surface area contributed by atoms with Gasteiger partial charge < -0.3 is 9.64 Å².